The van der Waals surface area contributed by atoms with Crippen molar-refractivity contribution in [2.24, 2.45) is 0 Å². The summed E-state index contributed by atoms with van der Waals surface area (Å²) in [7, 11) is -2.45. The third-order valence-corrected chi connectivity index (χ3v) is 8.13. The average Bonchev–Trinajstić information content (AvgIpc) is 2.94. The van der Waals surface area contributed by atoms with Crippen molar-refractivity contribution in [2.45, 2.75) is 17.9 Å². The number of rotatable bonds is 8. The largest absolute Gasteiger partial charge is 0.497 e. The molecule has 0 aliphatic carbocycles. The van der Waals surface area contributed by atoms with Gasteiger partial charge in [-0.2, -0.15) is 0 Å². The summed E-state index contributed by atoms with van der Waals surface area (Å²) in [6, 6.07) is 25.1. The van der Waals surface area contributed by atoms with Crippen molar-refractivity contribution in [3.63, 3.8) is 0 Å². The second-order valence-corrected chi connectivity index (χ2v) is 10.8. The number of anilines is 1. The Morgan fingerprint density at radius 1 is 1.03 bits per heavy atom. The molecule has 1 unspecified atom stereocenters. The van der Waals surface area contributed by atoms with Gasteiger partial charge in [-0.05, 0) is 60.3 Å². The molecule has 9 heteroatoms. The molecule has 1 atom stereocenters. The molecule has 1 N–H and O–H groups in total. The maximum Gasteiger partial charge on any atom is 0.264 e. The number of amides is 1. The summed E-state index contributed by atoms with van der Waals surface area (Å²) in [6.45, 7) is 2.19. The van der Waals surface area contributed by atoms with E-state index in [4.69, 9.17) is 14.2 Å². The number of sulfonamides is 1. The Hall–Kier alpha value is -4.24. The third kappa shape index (κ3) is 5.10. The lowest BCUT2D eigenvalue weighted by Crippen LogP contribution is -2.51. The average molecular weight is 533 g/mol. The minimum atomic E-state index is -3.97. The zero-order chi connectivity index (χ0) is 26.7. The summed E-state index contributed by atoms with van der Waals surface area (Å²) in [4.78, 5) is 13.2. The van der Waals surface area contributed by atoms with Crippen LogP contribution in [-0.4, -0.2) is 47.2 Å². The summed E-state index contributed by atoms with van der Waals surface area (Å²) < 4.78 is 45.5. The van der Waals surface area contributed by atoms with Gasteiger partial charge in [-0.15, -0.1) is 0 Å². The van der Waals surface area contributed by atoms with Crippen LogP contribution in [0.1, 0.15) is 5.56 Å². The number of methoxy groups -OCH3 is 1. The van der Waals surface area contributed by atoms with Gasteiger partial charge in [0.05, 0.1) is 30.8 Å². The van der Waals surface area contributed by atoms with Crippen LogP contribution < -0.4 is 23.8 Å². The summed E-state index contributed by atoms with van der Waals surface area (Å²) in [5, 5.41) is 4.87. The predicted octanol–water partition coefficient (Wildman–Crippen LogP) is 4.31. The molecule has 0 aromatic heterocycles. The third-order valence-electron chi connectivity index (χ3n) is 6.33. The van der Waals surface area contributed by atoms with E-state index in [0.717, 1.165) is 22.1 Å². The summed E-state index contributed by atoms with van der Waals surface area (Å²) in [5.74, 6) is 1.19. The highest BCUT2D eigenvalue weighted by Gasteiger charge is 2.37. The highest BCUT2D eigenvalue weighted by molar-refractivity contribution is 7.92. The van der Waals surface area contributed by atoms with E-state index in [1.807, 2.05) is 55.5 Å². The molecule has 196 valence electrons. The van der Waals surface area contributed by atoms with Crippen molar-refractivity contribution < 1.29 is 27.4 Å². The molecule has 38 heavy (non-hydrogen) atoms. The molecule has 8 nitrogen and oxygen atoms in total. The number of aryl methyl sites for hydroxylation is 1. The molecule has 0 spiro atoms. The second kappa shape index (κ2) is 10.6. The number of fused-ring (bicyclic) bond motifs is 2. The van der Waals surface area contributed by atoms with Gasteiger partial charge < -0.3 is 19.5 Å². The van der Waals surface area contributed by atoms with Crippen LogP contribution in [0.2, 0.25) is 0 Å². The molecule has 0 bridgehead atoms. The summed E-state index contributed by atoms with van der Waals surface area (Å²) in [5.41, 5.74) is 1.27. The van der Waals surface area contributed by atoms with Gasteiger partial charge in [-0.25, -0.2) is 8.42 Å². The Labute approximate surface area is 221 Å². The monoisotopic (exact) mass is 532 g/mol. The molecule has 1 aliphatic heterocycles. The number of hydrogen-bond donors (Lipinski definition) is 1. The number of carbonyl (C=O) groups excluding carboxylic acids is 1. The van der Waals surface area contributed by atoms with Gasteiger partial charge in [0.25, 0.3) is 15.9 Å². The Bertz CT molecular complexity index is 1560. The first-order valence-corrected chi connectivity index (χ1v) is 13.6. The van der Waals surface area contributed by atoms with Crippen molar-refractivity contribution >= 4 is 32.4 Å². The fourth-order valence-electron chi connectivity index (χ4n) is 4.37. The molecule has 5 rings (SSSR count). The maximum atomic E-state index is 13.6. The molecular formula is C29H28N2O6S. The van der Waals surface area contributed by atoms with Crippen LogP contribution in [0.15, 0.2) is 89.8 Å². The number of ether oxygens (including phenoxy) is 3. The number of benzene rings is 4. The maximum absolute atomic E-state index is 13.6. The van der Waals surface area contributed by atoms with Crippen LogP contribution in [0.3, 0.4) is 0 Å². The van der Waals surface area contributed by atoms with E-state index >= 15 is 0 Å². The molecule has 1 heterocycles. The molecule has 0 saturated heterocycles. The Kier molecular flexibility index (Phi) is 7.11. The number of carbonyl (C=O) groups is 1. The molecular weight excluding hydrogens is 504 g/mol. The first-order valence-electron chi connectivity index (χ1n) is 12.2. The van der Waals surface area contributed by atoms with Crippen molar-refractivity contribution in [3.05, 3.63) is 90.5 Å². The van der Waals surface area contributed by atoms with Crippen molar-refractivity contribution in [1.82, 2.24) is 5.32 Å². The van der Waals surface area contributed by atoms with Crippen LogP contribution in [0.5, 0.6) is 17.2 Å². The lowest BCUT2D eigenvalue weighted by molar-refractivity contribution is -0.127. The van der Waals surface area contributed by atoms with Crippen molar-refractivity contribution in [1.29, 1.82) is 0 Å². The fraction of sp³-hybridized carbons (Fsp3) is 0.207. The van der Waals surface area contributed by atoms with Gasteiger partial charge in [-0.3, -0.25) is 9.10 Å². The molecule has 1 aliphatic rings. The second-order valence-electron chi connectivity index (χ2n) is 8.91. The van der Waals surface area contributed by atoms with E-state index in [9.17, 15) is 13.2 Å². The highest BCUT2D eigenvalue weighted by atomic mass is 32.2. The minimum absolute atomic E-state index is 0.0920. The number of nitrogens with one attached hydrogen (secondary N) is 1. The van der Waals surface area contributed by atoms with E-state index in [0.29, 0.717) is 17.2 Å². The van der Waals surface area contributed by atoms with Crippen LogP contribution >= 0.6 is 0 Å². The zero-order valence-corrected chi connectivity index (χ0v) is 21.9. The topological polar surface area (TPSA) is 94.2 Å². The van der Waals surface area contributed by atoms with Gasteiger partial charge in [-0.1, -0.05) is 42.5 Å². The SMILES string of the molecule is COc1ccc(S(=O)(=O)N2CC(C(=O)NCCOc3cccc4ccccc34)Oc3cc(C)ccc32)cc1. The predicted molar refractivity (Wildman–Crippen MR) is 146 cm³/mol. The highest BCUT2D eigenvalue weighted by Crippen LogP contribution is 2.38. The van der Waals surface area contributed by atoms with E-state index in [1.54, 1.807) is 24.3 Å². The van der Waals surface area contributed by atoms with E-state index < -0.39 is 22.0 Å². The van der Waals surface area contributed by atoms with Crippen molar-refractivity contribution in [3.8, 4) is 17.2 Å². The normalized spacial score (nSPS) is 14.9. The molecule has 4 aromatic carbocycles. The molecule has 0 radical (unpaired) electrons. The van der Waals surface area contributed by atoms with Crippen molar-refractivity contribution in [2.75, 3.05) is 31.1 Å². The molecule has 0 saturated carbocycles. The Morgan fingerprint density at radius 2 is 1.79 bits per heavy atom. The molecule has 0 fully saturated rings. The fourth-order valence-corrected chi connectivity index (χ4v) is 5.85. The Balaban J connectivity index is 1.30. The van der Waals surface area contributed by atoms with Crippen LogP contribution in [0.4, 0.5) is 5.69 Å². The number of hydrogen-bond acceptors (Lipinski definition) is 6. The standard InChI is InChI=1S/C29H28N2O6S/c1-20-10-15-25-27(18-20)37-28(19-31(25)38(33,34)23-13-11-22(35-2)12-14-23)29(32)30-16-17-36-26-9-5-7-21-6-3-4-8-24(21)26/h3-15,18,28H,16-17,19H2,1-2H3,(H,30,32). The van der Waals surface area contributed by atoms with Gasteiger partial charge >= 0.3 is 0 Å². The van der Waals surface area contributed by atoms with E-state index in [2.05, 4.69) is 5.32 Å². The molecule has 1 amide bonds. The quantitative estimate of drug-likeness (QED) is 0.340. The molecule has 4 aromatic rings. The van der Waals surface area contributed by atoms with E-state index in [-0.39, 0.29) is 24.6 Å². The van der Waals surface area contributed by atoms with Crippen LogP contribution in [0.25, 0.3) is 10.8 Å². The summed E-state index contributed by atoms with van der Waals surface area (Å²) >= 11 is 0. The first-order chi connectivity index (χ1) is 18.4. The lowest BCUT2D eigenvalue weighted by Gasteiger charge is -2.35. The lowest BCUT2D eigenvalue weighted by atomic mass is 10.1. The van der Waals surface area contributed by atoms with Crippen LogP contribution in [-0.2, 0) is 14.8 Å². The summed E-state index contributed by atoms with van der Waals surface area (Å²) in [6.07, 6.45) is -1.03. The van der Waals surface area contributed by atoms with Gasteiger partial charge in [0.15, 0.2) is 6.10 Å². The smallest absolute Gasteiger partial charge is 0.264 e. The number of nitrogens with zero attached hydrogens (tertiary/aromatic N) is 1. The van der Waals surface area contributed by atoms with E-state index in [1.165, 1.54) is 23.5 Å². The van der Waals surface area contributed by atoms with Crippen LogP contribution in [0, 0.1) is 6.92 Å². The minimum Gasteiger partial charge on any atom is -0.497 e. The van der Waals surface area contributed by atoms with Gasteiger partial charge in [0.2, 0.25) is 0 Å². The van der Waals surface area contributed by atoms with Gasteiger partial charge in [0, 0.05) is 5.39 Å². The Morgan fingerprint density at radius 3 is 2.58 bits per heavy atom. The zero-order valence-electron chi connectivity index (χ0n) is 21.1. The first kappa shape index (κ1) is 25.4. The van der Waals surface area contributed by atoms with Gasteiger partial charge in [0.1, 0.15) is 23.9 Å².